The number of hydrogen-bond donors (Lipinski definition) is 1. The van der Waals surface area contributed by atoms with E-state index in [0.29, 0.717) is 29.0 Å². The zero-order valence-corrected chi connectivity index (χ0v) is 9.61. The van der Waals surface area contributed by atoms with Crippen LogP contribution in [0.15, 0.2) is 12.3 Å². The van der Waals surface area contributed by atoms with Gasteiger partial charge in [-0.05, 0) is 6.42 Å². The van der Waals surface area contributed by atoms with Crippen molar-refractivity contribution in [2.24, 2.45) is 5.92 Å². The lowest BCUT2D eigenvalue weighted by Crippen LogP contribution is -2.12. The van der Waals surface area contributed by atoms with Gasteiger partial charge in [0.25, 0.3) is 0 Å². The van der Waals surface area contributed by atoms with E-state index in [4.69, 9.17) is 26.2 Å². The van der Waals surface area contributed by atoms with Crippen molar-refractivity contribution in [3.63, 3.8) is 0 Å². The number of aliphatic hydroxyl groups is 1. The normalized spacial score (nSPS) is 20.0. The van der Waals surface area contributed by atoms with E-state index in [0.717, 1.165) is 19.6 Å². The summed E-state index contributed by atoms with van der Waals surface area (Å²) in [7, 11) is 0. The fourth-order valence-electron chi connectivity index (χ4n) is 1.58. The van der Waals surface area contributed by atoms with Crippen molar-refractivity contribution in [2.45, 2.75) is 13.0 Å². The van der Waals surface area contributed by atoms with Gasteiger partial charge in [-0.3, -0.25) is 0 Å². The van der Waals surface area contributed by atoms with Crippen LogP contribution in [0.5, 0.6) is 5.88 Å². The minimum absolute atomic E-state index is 0.107. The largest absolute Gasteiger partial charge is 0.477 e. The Morgan fingerprint density at radius 1 is 1.62 bits per heavy atom. The SMILES string of the molecule is OCc1cc(OCC2CCOC2)ncc1Cl. The van der Waals surface area contributed by atoms with Gasteiger partial charge in [-0.15, -0.1) is 0 Å². The van der Waals surface area contributed by atoms with Crippen molar-refractivity contribution in [3.8, 4) is 5.88 Å². The molecule has 2 rings (SSSR count). The van der Waals surface area contributed by atoms with Crippen molar-refractivity contribution < 1.29 is 14.6 Å². The van der Waals surface area contributed by atoms with Gasteiger partial charge in [0.15, 0.2) is 0 Å². The first-order valence-electron chi connectivity index (χ1n) is 5.25. The summed E-state index contributed by atoms with van der Waals surface area (Å²) in [6, 6.07) is 1.66. The minimum atomic E-state index is -0.107. The van der Waals surface area contributed by atoms with E-state index in [-0.39, 0.29) is 6.61 Å². The molecule has 4 nitrogen and oxygen atoms in total. The molecule has 0 amide bonds. The summed E-state index contributed by atoms with van der Waals surface area (Å²) in [6.07, 6.45) is 2.52. The van der Waals surface area contributed by atoms with Crippen LogP contribution in [0.2, 0.25) is 5.02 Å². The van der Waals surface area contributed by atoms with E-state index in [2.05, 4.69) is 4.98 Å². The maximum Gasteiger partial charge on any atom is 0.213 e. The quantitative estimate of drug-likeness (QED) is 0.874. The average molecular weight is 244 g/mol. The first kappa shape index (κ1) is 11.6. The van der Waals surface area contributed by atoms with Gasteiger partial charge in [-0.2, -0.15) is 0 Å². The Bertz CT molecular complexity index is 353. The van der Waals surface area contributed by atoms with E-state index in [1.165, 1.54) is 6.20 Å². The van der Waals surface area contributed by atoms with Crippen LogP contribution >= 0.6 is 11.6 Å². The van der Waals surface area contributed by atoms with Gasteiger partial charge in [0.05, 0.1) is 24.8 Å². The molecule has 1 saturated heterocycles. The van der Waals surface area contributed by atoms with E-state index in [9.17, 15) is 0 Å². The predicted molar refractivity (Wildman–Crippen MR) is 59.6 cm³/mol. The van der Waals surface area contributed by atoms with Crippen LogP contribution in [0.4, 0.5) is 0 Å². The molecule has 1 unspecified atom stereocenters. The molecule has 1 N–H and O–H groups in total. The van der Waals surface area contributed by atoms with Crippen molar-refractivity contribution in [3.05, 3.63) is 22.8 Å². The molecule has 0 aliphatic carbocycles. The van der Waals surface area contributed by atoms with Crippen LogP contribution < -0.4 is 4.74 Å². The van der Waals surface area contributed by atoms with Crippen LogP contribution in [0.1, 0.15) is 12.0 Å². The summed E-state index contributed by atoms with van der Waals surface area (Å²) in [5.41, 5.74) is 0.634. The second kappa shape index (κ2) is 5.48. The summed E-state index contributed by atoms with van der Waals surface area (Å²) < 4.78 is 10.8. The minimum Gasteiger partial charge on any atom is -0.477 e. The molecule has 0 saturated carbocycles. The Balaban J connectivity index is 1.93. The molecule has 1 atom stereocenters. The highest BCUT2D eigenvalue weighted by atomic mass is 35.5. The van der Waals surface area contributed by atoms with Crippen molar-refractivity contribution in [2.75, 3.05) is 19.8 Å². The standard InChI is InChI=1S/C11H14ClNO3/c12-10-4-13-11(3-9(10)5-14)16-7-8-1-2-15-6-8/h3-4,8,14H,1-2,5-7H2. The number of aromatic nitrogens is 1. The summed E-state index contributed by atoms with van der Waals surface area (Å²) >= 11 is 5.83. The summed E-state index contributed by atoms with van der Waals surface area (Å²) in [6.45, 7) is 2.05. The molecule has 5 heteroatoms. The lowest BCUT2D eigenvalue weighted by molar-refractivity contribution is 0.165. The summed E-state index contributed by atoms with van der Waals surface area (Å²) in [5.74, 6) is 0.940. The molecule has 0 bridgehead atoms. The Hall–Kier alpha value is -0.840. The van der Waals surface area contributed by atoms with Gasteiger partial charge in [-0.1, -0.05) is 11.6 Å². The lowest BCUT2D eigenvalue weighted by Gasteiger charge is -2.10. The van der Waals surface area contributed by atoms with Crippen LogP contribution in [-0.2, 0) is 11.3 Å². The Morgan fingerprint density at radius 2 is 2.50 bits per heavy atom. The van der Waals surface area contributed by atoms with Gasteiger partial charge in [-0.25, -0.2) is 4.98 Å². The van der Waals surface area contributed by atoms with Crippen molar-refractivity contribution >= 4 is 11.6 Å². The fourth-order valence-corrected chi connectivity index (χ4v) is 1.74. The molecule has 1 aromatic heterocycles. The molecule has 0 aromatic carbocycles. The van der Waals surface area contributed by atoms with Crippen LogP contribution in [0.25, 0.3) is 0 Å². The zero-order chi connectivity index (χ0) is 11.4. The average Bonchev–Trinajstić information content (AvgIpc) is 2.81. The number of pyridine rings is 1. The third-order valence-corrected chi connectivity index (χ3v) is 2.91. The van der Waals surface area contributed by atoms with Crippen LogP contribution in [0.3, 0.4) is 0 Å². The lowest BCUT2D eigenvalue weighted by atomic mass is 10.1. The molecule has 88 valence electrons. The maximum absolute atomic E-state index is 9.03. The predicted octanol–water partition coefficient (Wildman–Crippen LogP) is 1.64. The molecule has 1 aliphatic heterocycles. The van der Waals surface area contributed by atoms with Gasteiger partial charge in [0.2, 0.25) is 5.88 Å². The molecular weight excluding hydrogens is 230 g/mol. The number of rotatable bonds is 4. The molecular formula is C11H14ClNO3. The molecule has 16 heavy (non-hydrogen) atoms. The van der Waals surface area contributed by atoms with Gasteiger partial charge < -0.3 is 14.6 Å². The van der Waals surface area contributed by atoms with Crippen LogP contribution in [0, 0.1) is 5.92 Å². The highest BCUT2D eigenvalue weighted by molar-refractivity contribution is 6.31. The third kappa shape index (κ3) is 2.84. The summed E-state index contributed by atoms with van der Waals surface area (Å²) in [4.78, 5) is 4.04. The number of nitrogens with zero attached hydrogens (tertiary/aromatic N) is 1. The van der Waals surface area contributed by atoms with Gasteiger partial charge in [0, 0.05) is 30.4 Å². The first-order chi connectivity index (χ1) is 7.79. The van der Waals surface area contributed by atoms with E-state index >= 15 is 0 Å². The molecule has 1 aromatic rings. The van der Waals surface area contributed by atoms with Crippen LogP contribution in [-0.4, -0.2) is 29.9 Å². The number of halogens is 1. The fraction of sp³-hybridized carbons (Fsp3) is 0.545. The van der Waals surface area contributed by atoms with E-state index in [1.807, 2.05) is 0 Å². The number of aliphatic hydroxyl groups excluding tert-OH is 1. The Morgan fingerprint density at radius 3 is 3.19 bits per heavy atom. The topological polar surface area (TPSA) is 51.6 Å². The molecule has 0 spiro atoms. The molecule has 1 aliphatic rings. The second-order valence-corrected chi connectivity index (χ2v) is 4.22. The maximum atomic E-state index is 9.03. The Kier molecular flexibility index (Phi) is 3.98. The zero-order valence-electron chi connectivity index (χ0n) is 8.86. The van der Waals surface area contributed by atoms with Gasteiger partial charge in [0.1, 0.15) is 0 Å². The molecule has 0 radical (unpaired) electrons. The van der Waals surface area contributed by atoms with Crippen molar-refractivity contribution in [1.29, 1.82) is 0 Å². The molecule has 1 fully saturated rings. The second-order valence-electron chi connectivity index (χ2n) is 3.81. The Labute approximate surface area is 99.2 Å². The highest BCUT2D eigenvalue weighted by Gasteiger charge is 2.16. The summed E-state index contributed by atoms with van der Waals surface area (Å²) in [5, 5.41) is 9.49. The highest BCUT2D eigenvalue weighted by Crippen LogP contribution is 2.20. The van der Waals surface area contributed by atoms with E-state index in [1.54, 1.807) is 6.07 Å². The number of hydrogen-bond acceptors (Lipinski definition) is 4. The number of ether oxygens (including phenoxy) is 2. The third-order valence-electron chi connectivity index (χ3n) is 2.57. The van der Waals surface area contributed by atoms with E-state index < -0.39 is 0 Å². The molecule has 2 heterocycles. The smallest absolute Gasteiger partial charge is 0.213 e. The van der Waals surface area contributed by atoms with Crippen molar-refractivity contribution in [1.82, 2.24) is 4.98 Å². The van der Waals surface area contributed by atoms with Gasteiger partial charge >= 0.3 is 0 Å². The monoisotopic (exact) mass is 243 g/mol. The first-order valence-corrected chi connectivity index (χ1v) is 5.63.